The van der Waals surface area contributed by atoms with Crippen LogP contribution in [0.3, 0.4) is 0 Å². The third-order valence-electron chi connectivity index (χ3n) is 10.1. The first kappa shape index (κ1) is 31.0. The molecule has 0 bridgehead atoms. The van der Waals surface area contributed by atoms with Gasteiger partial charge >= 0.3 is 0 Å². The molecule has 0 radical (unpaired) electrons. The van der Waals surface area contributed by atoms with Crippen LogP contribution in [0.5, 0.6) is 0 Å². The summed E-state index contributed by atoms with van der Waals surface area (Å²) in [5.41, 5.74) is 0. The highest BCUT2D eigenvalue weighted by atomic mass is 30.3. The van der Waals surface area contributed by atoms with E-state index in [1.165, 1.54) is 0 Å². The number of hydrogen-bond donors (Lipinski definition) is 0. The molecule has 0 saturated heterocycles. The van der Waals surface area contributed by atoms with Gasteiger partial charge in [-0.25, -0.2) is 0 Å². The molecule has 0 N–H and O–H groups in total. The lowest BCUT2D eigenvalue weighted by Crippen LogP contribution is -3.01. The van der Waals surface area contributed by atoms with Crippen LogP contribution in [0.4, 0.5) is 0 Å². The van der Waals surface area contributed by atoms with E-state index in [0.29, 0.717) is 0 Å². The van der Waals surface area contributed by atoms with Crippen LogP contribution in [0.25, 0.3) is 0 Å². The lowest BCUT2D eigenvalue weighted by molar-refractivity contribution is 1.71. The number of rotatable bonds is 8. The van der Waals surface area contributed by atoms with Gasteiger partial charge in [-0.3, -0.25) is 0 Å². The van der Waals surface area contributed by atoms with E-state index in [1.54, 1.807) is 0 Å². The van der Waals surface area contributed by atoms with E-state index in [-0.39, 0.29) is 0 Å². The van der Waals surface area contributed by atoms with E-state index in [4.69, 9.17) is 0 Å². The van der Waals surface area contributed by atoms with Crippen molar-refractivity contribution in [3.8, 4) is 0 Å². The Morgan fingerprint density at radius 2 is 0.448 bits per heavy atom. The minimum absolute atomic E-state index is 1.18. The zero-order valence-corrected chi connectivity index (χ0v) is 33.5. The van der Waals surface area contributed by atoms with Crippen molar-refractivity contribution < 1.29 is 0 Å². The number of hydrogen-bond acceptors (Lipinski definition) is 0. The molecule has 0 aliphatic heterocycles. The smallest absolute Gasteiger partial charge is 0.0332 e. The predicted octanol–water partition coefficient (Wildman–Crippen LogP) is 8.25. The standard InChI is InChI=1S/C20H60Si9/c1-21(2,3)28(20,22(4,5)6)26(16,17)27(18,19)29(23(7,8)9,24(10,11)12)25(13,14)15/h1-20H3. The first-order chi connectivity index (χ1) is 12.0. The minimum atomic E-state index is -1.38. The highest BCUT2D eigenvalue weighted by Crippen LogP contribution is 2.50. The average Bonchev–Trinajstić information content (AvgIpc) is 2.28. The van der Waals surface area contributed by atoms with Gasteiger partial charge in [0.15, 0.2) is 0 Å². The molecule has 0 aromatic carbocycles. The Balaban J connectivity index is 7.71. The van der Waals surface area contributed by atoms with Gasteiger partial charge in [-0.2, -0.15) is 0 Å². The van der Waals surface area contributed by atoms with Crippen molar-refractivity contribution in [2.24, 2.45) is 0 Å². The zero-order chi connectivity index (χ0) is 24.5. The maximum absolute atomic E-state index is 3.05. The molecule has 0 aliphatic rings. The summed E-state index contributed by atoms with van der Waals surface area (Å²) < 4.78 is 0. The molecule has 0 fully saturated rings. The zero-order valence-electron chi connectivity index (χ0n) is 24.5. The Labute approximate surface area is 194 Å². The Hall–Kier alpha value is 1.95. The van der Waals surface area contributed by atoms with Crippen LogP contribution >= 0.6 is 0 Å². The molecule has 29 heavy (non-hydrogen) atoms. The van der Waals surface area contributed by atoms with E-state index < -0.39 is 64.9 Å². The van der Waals surface area contributed by atoms with Crippen LogP contribution in [-0.4, -0.2) is 64.9 Å². The fourth-order valence-electron chi connectivity index (χ4n) is 10.3. The van der Waals surface area contributed by atoms with Gasteiger partial charge in [-0.15, -0.1) is 0 Å². The molecule has 0 aromatic heterocycles. The summed E-state index contributed by atoms with van der Waals surface area (Å²) in [5, 5.41) is 0. The van der Waals surface area contributed by atoms with Crippen molar-refractivity contribution in [3.05, 3.63) is 0 Å². The van der Waals surface area contributed by atoms with Crippen LogP contribution in [0, 0.1) is 0 Å². The molecule has 0 unspecified atom stereocenters. The Kier molecular flexibility index (Phi) is 8.56. The summed E-state index contributed by atoms with van der Waals surface area (Å²) >= 11 is 0. The van der Waals surface area contributed by atoms with Crippen molar-refractivity contribution in [2.45, 2.75) is 131 Å². The first-order valence-corrected chi connectivity index (χ1v) is 48.0. The van der Waals surface area contributed by atoms with E-state index in [0.717, 1.165) is 0 Å². The van der Waals surface area contributed by atoms with Crippen molar-refractivity contribution in [1.82, 2.24) is 0 Å². The normalized spacial score (nSPS) is 17.0. The van der Waals surface area contributed by atoms with Crippen LogP contribution in [0.1, 0.15) is 0 Å². The topological polar surface area (TPSA) is 0 Å². The summed E-state index contributed by atoms with van der Waals surface area (Å²) in [6.45, 7) is 56.4. The largest absolute Gasteiger partial charge is 0.0748 e. The second-order valence-corrected chi connectivity index (χ2v) is 121. The van der Waals surface area contributed by atoms with Crippen LogP contribution in [-0.2, 0) is 0 Å². The fourth-order valence-corrected chi connectivity index (χ4v) is 399. The molecule has 0 aliphatic carbocycles. The first-order valence-electron chi connectivity index (χ1n) is 12.0. The Morgan fingerprint density at radius 3 is 0.586 bits per heavy atom. The van der Waals surface area contributed by atoms with Gasteiger partial charge in [0.1, 0.15) is 0 Å². The lowest BCUT2D eigenvalue weighted by Gasteiger charge is -2.72. The molecule has 0 saturated carbocycles. The molecule has 0 amide bonds. The highest BCUT2D eigenvalue weighted by molar-refractivity contribution is 8.18. The summed E-state index contributed by atoms with van der Waals surface area (Å²) in [4.78, 5) is 0. The monoisotopic (exact) mass is 552 g/mol. The molecule has 0 nitrogen and oxygen atoms in total. The van der Waals surface area contributed by atoms with Crippen LogP contribution < -0.4 is 0 Å². The third-order valence-corrected chi connectivity index (χ3v) is 240. The minimum Gasteiger partial charge on any atom is -0.0748 e. The summed E-state index contributed by atoms with van der Waals surface area (Å²) in [5.74, 6) is 0. The van der Waals surface area contributed by atoms with E-state index in [9.17, 15) is 0 Å². The van der Waals surface area contributed by atoms with Crippen LogP contribution in [0.2, 0.25) is 131 Å². The molecule has 0 aromatic rings. The summed E-state index contributed by atoms with van der Waals surface area (Å²) in [6, 6.07) is 0. The maximum Gasteiger partial charge on any atom is 0.0332 e. The van der Waals surface area contributed by atoms with E-state index in [1.807, 2.05) is 0 Å². The van der Waals surface area contributed by atoms with Crippen molar-refractivity contribution in [1.29, 1.82) is 0 Å². The Bertz CT molecular complexity index is 538. The second-order valence-electron chi connectivity index (χ2n) is 16.4. The van der Waals surface area contributed by atoms with Crippen LogP contribution in [0.15, 0.2) is 0 Å². The highest BCUT2D eigenvalue weighted by Gasteiger charge is 2.76. The van der Waals surface area contributed by atoms with E-state index >= 15 is 0 Å². The van der Waals surface area contributed by atoms with Gasteiger partial charge < -0.3 is 0 Å². The molecule has 0 spiro atoms. The fraction of sp³-hybridized carbons (Fsp3) is 1.00. The molecule has 0 atom stereocenters. The van der Waals surface area contributed by atoms with Gasteiger partial charge in [0.25, 0.3) is 0 Å². The third kappa shape index (κ3) is 4.28. The molecule has 176 valence electrons. The van der Waals surface area contributed by atoms with Gasteiger partial charge in [-0.1, -0.05) is 131 Å². The van der Waals surface area contributed by atoms with Crippen molar-refractivity contribution >= 4 is 64.9 Å². The molecule has 0 heterocycles. The molecular formula is C20H60Si9. The van der Waals surface area contributed by atoms with Gasteiger partial charge in [0, 0.05) is 64.9 Å². The van der Waals surface area contributed by atoms with Crippen molar-refractivity contribution in [2.75, 3.05) is 0 Å². The predicted molar refractivity (Wildman–Crippen MR) is 169 cm³/mol. The average molecular weight is 553 g/mol. The second kappa shape index (κ2) is 8.02. The van der Waals surface area contributed by atoms with Gasteiger partial charge in [0.2, 0.25) is 0 Å². The quantitative estimate of drug-likeness (QED) is 0.266. The Morgan fingerprint density at radius 1 is 0.241 bits per heavy atom. The van der Waals surface area contributed by atoms with Crippen molar-refractivity contribution in [3.63, 3.8) is 0 Å². The summed E-state index contributed by atoms with van der Waals surface area (Å²) in [7, 11) is -8.81. The molecule has 9 heteroatoms. The maximum atomic E-state index is 3.05. The molecular weight excluding hydrogens is 493 g/mol. The van der Waals surface area contributed by atoms with E-state index in [2.05, 4.69) is 131 Å². The summed E-state index contributed by atoms with van der Waals surface area (Å²) in [6.07, 6.45) is -1.33. The van der Waals surface area contributed by atoms with Gasteiger partial charge in [0.05, 0.1) is 0 Å². The lowest BCUT2D eigenvalue weighted by atomic mass is 11.8. The van der Waals surface area contributed by atoms with Gasteiger partial charge in [-0.05, 0) is 0 Å². The SMILES string of the molecule is C[Si](C)(C)[Si](C)([Si](C)(C)C)[Si](C)(C)[Si](C)(C)[Si]([Si](C)(C)C)([Si](C)(C)C)[Si](C)(C)C. The molecule has 0 rings (SSSR count).